The fourth-order valence-corrected chi connectivity index (χ4v) is 1.55. The van der Waals surface area contributed by atoms with E-state index in [1.807, 2.05) is 0 Å². The maximum atomic E-state index is 13.4. The highest BCUT2D eigenvalue weighted by Gasteiger charge is 2.34. The molecule has 0 atom stereocenters. The van der Waals surface area contributed by atoms with Gasteiger partial charge in [-0.2, -0.15) is 13.2 Å². The van der Waals surface area contributed by atoms with Crippen LogP contribution in [0, 0.1) is 5.82 Å². The van der Waals surface area contributed by atoms with E-state index in [0.29, 0.717) is 6.07 Å². The van der Waals surface area contributed by atoms with Crippen LogP contribution in [0.25, 0.3) is 11.3 Å². The van der Waals surface area contributed by atoms with E-state index in [1.165, 1.54) is 12.3 Å². The lowest BCUT2D eigenvalue weighted by atomic mass is 10.1. The van der Waals surface area contributed by atoms with Gasteiger partial charge in [0.25, 0.3) is 0 Å². The fourth-order valence-electron chi connectivity index (χ4n) is 1.55. The second-order valence-corrected chi connectivity index (χ2v) is 3.63. The van der Waals surface area contributed by atoms with Crippen LogP contribution in [-0.4, -0.2) is 4.98 Å². The van der Waals surface area contributed by atoms with Crippen LogP contribution in [0.3, 0.4) is 0 Å². The third-order valence-electron chi connectivity index (χ3n) is 2.39. The minimum absolute atomic E-state index is 0.207. The molecule has 0 saturated heterocycles. The first kappa shape index (κ1) is 12.3. The summed E-state index contributed by atoms with van der Waals surface area (Å²) in [4.78, 5) is 3.91. The molecule has 2 N–H and O–H groups in total. The van der Waals surface area contributed by atoms with Crippen molar-refractivity contribution in [2.75, 3.05) is 5.73 Å². The first-order valence-electron chi connectivity index (χ1n) is 4.97. The number of hydrogen-bond acceptors (Lipinski definition) is 2. The molecule has 1 aromatic carbocycles. The molecular formula is C12H8F4N2. The number of hydrogen-bond donors (Lipinski definition) is 1. The lowest BCUT2D eigenvalue weighted by molar-refractivity contribution is -0.139. The van der Waals surface area contributed by atoms with Gasteiger partial charge in [-0.1, -0.05) is 6.07 Å². The van der Waals surface area contributed by atoms with Crippen molar-refractivity contribution in [3.8, 4) is 11.3 Å². The second kappa shape index (κ2) is 4.29. The lowest BCUT2D eigenvalue weighted by Gasteiger charge is -2.10. The molecule has 0 aliphatic carbocycles. The number of aromatic nitrogens is 1. The summed E-state index contributed by atoms with van der Waals surface area (Å²) in [5.74, 6) is -1.34. The van der Waals surface area contributed by atoms with Crippen molar-refractivity contribution < 1.29 is 17.6 Å². The molecule has 18 heavy (non-hydrogen) atoms. The average molecular weight is 256 g/mol. The Morgan fingerprint density at radius 3 is 2.39 bits per heavy atom. The van der Waals surface area contributed by atoms with E-state index in [-0.39, 0.29) is 16.9 Å². The first-order valence-corrected chi connectivity index (χ1v) is 4.97. The Morgan fingerprint density at radius 2 is 1.83 bits per heavy atom. The number of pyridine rings is 1. The maximum Gasteiger partial charge on any atom is 0.419 e. The number of rotatable bonds is 1. The van der Waals surface area contributed by atoms with Crippen molar-refractivity contribution in [1.29, 1.82) is 0 Å². The van der Waals surface area contributed by atoms with Gasteiger partial charge in [0, 0.05) is 11.8 Å². The number of nitrogen functional groups attached to an aromatic ring is 1. The molecule has 0 spiro atoms. The quantitative estimate of drug-likeness (QED) is 0.793. The van der Waals surface area contributed by atoms with Gasteiger partial charge < -0.3 is 5.73 Å². The van der Waals surface area contributed by atoms with Gasteiger partial charge in [-0.05, 0) is 24.3 Å². The highest BCUT2D eigenvalue weighted by molar-refractivity contribution is 5.72. The van der Waals surface area contributed by atoms with Crippen molar-refractivity contribution in [2.24, 2.45) is 0 Å². The molecule has 1 aromatic heterocycles. The third kappa shape index (κ3) is 2.27. The summed E-state index contributed by atoms with van der Waals surface area (Å²) in [6, 6.07) is 5.72. The van der Waals surface area contributed by atoms with Gasteiger partial charge in [-0.3, -0.25) is 4.98 Å². The summed E-state index contributed by atoms with van der Waals surface area (Å²) in [7, 11) is 0. The molecule has 2 aromatic rings. The first-order chi connectivity index (χ1) is 8.39. The van der Waals surface area contributed by atoms with Gasteiger partial charge in [0.05, 0.1) is 16.9 Å². The Labute approximate surface area is 100 Å². The van der Waals surface area contributed by atoms with E-state index >= 15 is 0 Å². The summed E-state index contributed by atoms with van der Waals surface area (Å²) < 4.78 is 50.5. The molecule has 0 radical (unpaired) electrons. The van der Waals surface area contributed by atoms with Gasteiger partial charge in [0.1, 0.15) is 5.82 Å². The number of alkyl halides is 3. The van der Waals surface area contributed by atoms with Crippen molar-refractivity contribution in [2.45, 2.75) is 6.18 Å². The monoisotopic (exact) mass is 256 g/mol. The van der Waals surface area contributed by atoms with Crippen LogP contribution in [-0.2, 0) is 6.18 Å². The van der Waals surface area contributed by atoms with E-state index in [2.05, 4.69) is 4.98 Å². The molecule has 6 heteroatoms. The van der Waals surface area contributed by atoms with Crippen molar-refractivity contribution >= 4 is 5.69 Å². The van der Waals surface area contributed by atoms with E-state index in [9.17, 15) is 17.6 Å². The van der Waals surface area contributed by atoms with Crippen molar-refractivity contribution in [1.82, 2.24) is 4.98 Å². The fraction of sp³-hybridized carbons (Fsp3) is 0.0833. The largest absolute Gasteiger partial charge is 0.419 e. The van der Waals surface area contributed by atoms with Crippen LogP contribution < -0.4 is 5.73 Å². The van der Waals surface area contributed by atoms with E-state index in [4.69, 9.17) is 5.73 Å². The number of anilines is 1. The molecular weight excluding hydrogens is 248 g/mol. The molecule has 2 rings (SSSR count). The van der Waals surface area contributed by atoms with Crippen molar-refractivity contribution in [3.05, 3.63) is 47.9 Å². The Bertz CT molecular complexity index is 579. The average Bonchev–Trinajstić information content (AvgIpc) is 2.27. The normalized spacial score (nSPS) is 11.6. The van der Waals surface area contributed by atoms with Crippen LogP contribution in [0.1, 0.15) is 5.56 Å². The Morgan fingerprint density at radius 1 is 1.11 bits per heavy atom. The van der Waals surface area contributed by atoms with Crippen LogP contribution >= 0.6 is 0 Å². The Balaban J connectivity index is 2.51. The highest BCUT2D eigenvalue weighted by Crippen LogP contribution is 2.33. The predicted octanol–water partition coefficient (Wildman–Crippen LogP) is 3.49. The lowest BCUT2D eigenvalue weighted by Crippen LogP contribution is -2.08. The molecule has 0 saturated carbocycles. The Kier molecular flexibility index (Phi) is 2.94. The van der Waals surface area contributed by atoms with E-state index in [0.717, 1.165) is 12.1 Å². The van der Waals surface area contributed by atoms with Gasteiger partial charge in [0.2, 0.25) is 0 Å². The molecule has 0 fully saturated rings. The second-order valence-electron chi connectivity index (χ2n) is 3.63. The summed E-state index contributed by atoms with van der Waals surface area (Å²) in [5.41, 5.74) is 5.05. The number of benzene rings is 1. The standard InChI is InChI=1S/C12H8F4N2/c13-9-6-7(3-4-8(9)12(14,15)16)11-10(17)2-1-5-18-11/h1-6H,17H2. The van der Waals surface area contributed by atoms with Crippen LogP contribution in [0.2, 0.25) is 0 Å². The maximum absolute atomic E-state index is 13.4. The molecule has 0 aliphatic heterocycles. The topological polar surface area (TPSA) is 38.9 Å². The summed E-state index contributed by atoms with van der Waals surface area (Å²) in [5, 5.41) is 0. The van der Waals surface area contributed by atoms with Crippen molar-refractivity contribution in [3.63, 3.8) is 0 Å². The predicted molar refractivity (Wildman–Crippen MR) is 59.0 cm³/mol. The zero-order valence-corrected chi connectivity index (χ0v) is 9.00. The summed E-state index contributed by atoms with van der Waals surface area (Å²) in [6.07, 6.45) is -3.28. The van der Waals surface area contributed by atoms with Crippen LogP contribution in [0.4, 0.5) is 23.2 Å². The molecule has 0 bridgehead atoms. The highest BCUT2D eigenvalue weighted by atomic mass is 19.4. The van der Waals surface area contributed by atoms with Gasteiger partial charge >= 0.3 is 6.18 Å². The van der Waals surface area contributed by atoms with E-state index in [1.54, 1.807) is 6.07 Å². The summed E-state index contributed by atoms with van der Waals surface area (Å²) in [6.45, 7) is 0. The molecule has 1 heterocycles. The molecule has 0 unspecified atom stereocenters. The smallest absolute Gasteiger partial charge is 0.397 e. The minimum atomic E-state index is -4.71. The van der Waals surface area contributed by atoms with Gasteiger partial charge in [0.15, 0.2) is 0 Å². The molecule has 2 nitrogen and oxygen atoms in total. The zero-order valence-electron chi connectivity index (χ0n) is 9.00. The Hall–Kier alpha value is -2.11. The SMILES string of the molecule is Nc1cccnc1-c1ccc(C(F)(F)F)c(F)c1. The number of halogens is 4. The third-order valence-corrected chi connectivity index (χ3v) is 2.39. The number of nitrogens with two attached hydrogens (primary N) is 1. The van der Waals surface area contributed by atoms with E-state index < -0.39 is 17.6 Å². The molecule has 0 amide bonds. The van der Waals surface area contributed by atoms with Gasteiger partial charge in [-0.15, -0.1) is 0 Å². The molecule has 94 valence electrons. The van der Waals surface area contributed by atoms with Crippen LogP contribution in [0.5, 0.6) is 0 Å². The molecule has 0 aliphatic rings. The summed E-state index contributed by atoms with van der Waals surface area (Å²) >= 11 is 0. The number of nitrogens with zero attached hydrogens (tertiary/aromatic N) is 1. The minimum Gasteiger partial charge on any atom is -0.397 e. The zero-order chi connectivity index (χ0) is 13.3. The van der Waals surface area contributed by atoms with Gasteiger partial charge in [-0.25, -0.2) is 4.39 Å². The van der Waals surface area contributed by atoms with Crippen LogP contribution in [0.15, 0.2) is 36.5 Å².